The minimum atomic E-state index is -0.265. The first kappa shape index (κ1) is 15.9. The molecule has 3 rings (SSSR count). The van der Waals surface area contributed by atoms with Crippen LogP contribution in [0.3, 0.4) is 0 Å². The highest BCUT2D eigenvalue weighted by molar-refractivity contribution is 6.33. The number of fused-ring (bicyclic) bond motifs is 1. The number of hydrogen-bond acceptors (Lipinski definition) is 4. The van der Waals surface area contributed by atoms with Crippen molar-refractivity contribution in [3.8, 4) is 5.75 Å². The van der Waals surface area contributed by atoms with E-state index >= 15 is 0 Å². The predicted octanol–water partition coefficient (Wildman–Crippen LogP) is 2.79. The van der Waals surface area contributed by atoms with Gasteiger partial charge in [-0.1, -0.05) is 24.6 Å². The largest absolute Gasteiger partial charge is 0.494 e. The first-order valence-corrected chi connectivity index (χ1v) is 8.19. The maximum Gasteiger partial charge on any atom is 0.287 e. The third kappa shape index (κ3) is 3.20. The van der Waals surface area contributed by atoms with E-state index in [2.05, 4.69) is 29.1 Å². The number of halogens is 1. The second-order valence-electron chi connectivity index (χ2n) is 5.72. The van der Waals surface area contributed by atoms with Gasteiger partial charge in [-0.3, -0.25) is 4.79 Å². The molecule has 0 unspecified atom stereocenters. The fourth-order valence-corrected chi connectivity index (χ4v) is 3.06. The number of hydrogen-bond donors (Lipinski definition) is 0. The van der Waals surface area contributed by atoms with E-state index in [9.17, 15) is 4.79 Å². The van der Waals surface area contributed by atoms with Crippen LogP contribution in [0.15, 0.2) is 29.2 Å². The van der Waals surface area contributed by atoms with Crippen LogP contribution in [0, 0.1) is 0 Å². The average molecular weight is 334 g/mol. The first-order chi connectivity index (χ1) is 11.1. The molecule has 6 heteroatoms. The van der Waals surface area contributed by atoms with Gasteiger partial charge in [0.25, 0.3) is 5.56 Å². The van der Waals surface area contributed by atoms with Gasteiger partial charge in [-0.2, -0.15) is 5.10 Å². The molecule has 0 saturated carbocycles. The van der Waals surface area contributed by atoms with E-state index in [0.29, 0.717) is 5.69 Å². The van der Waals surface area contributed by atoms with Crippen molar-refractivity contribution < 1.29 is 4.74 Å². The van der Waals surface area contributed by atoms with E-state index in [1.165, 1.54) is 15.8 Å². The lowest BCUT2D eigenvalue weighted by Crippen LogP contribution is -2.33. The molecule has 0 saturated heterocycles. The van der Waals surface area contributed by atoms with Crippen molar-refractivity contribution in [2.45, 2.75) is 26.3 Å². The first-order valence-electron chi connectivity index (χ1n) is 7.81. The number of benzene rings is 1. The summed E-state index contributed by atoms with van der Waals surface area (Å²) in [6, 6.07) is 6.21. The van der Waals surface area contributed by atoms with E-state index in [-0.39, 0.29) is 10.6 Å². The highest BCUT2D eigenvalue weighted by Gasteiger charge is 2.21. The molecule has 0 radical (unpaired) electrons. The third-order valence-corrected chi connectivity index (χ3v) is 4.42. The van der Waals surface area contributed by atoms with Gasteiger partial charge in [0.05, 0.1) is 18.5 Å². The van der Waals surface area contributed by atoms with Gasteiger partial charge >= 0.3 is 0 Å². The molecule has 0 aliphatic carbocycles. The summed E-state index contributed by atoms with van der Waals surface area (Å²) in [5.41, 5.74) is 2.96. The highest BCUT2D eigenvalue weighted by Crippen LogP contribution is 2.29. The lowest BCUT2D eigenvalue weighted by molar-refractivity contribution is 0.317. The topological polar surface area (TPSA) is 47.4 Å². The van der Waals surface area contributed by atoms with Crippen LogP contribution >= 0.6 is 11.6 Å². The van der Waals surface area contributed by atoms with Crippen LogP contribution in [0.4, 0.5) is 5.69 Å². The molecule has 1 aliphatic rings. The molecule has 0 spiro atoms. The number of aromatic nitrogens is 2. The molecular weight excluding hydrogens is 314 g/mol. The molecule has 0 bridgehead atoms. The molecule has 1 aromatic heterocycles. The van der Waals surface area contributed by atoms with Crippen molar-refractivity contribution >= 4 is 17.3 Å². The Labute approximate surface area is 140 Å². The van der Waals surface area contributed by atoms with Gasteiger partial charge < -0.3 is 9.64 Å². The second kappa shape index (κ2) is 6.62. The lowest BCUT2D eigenvalue weighted by atomic mass is 9.99. The van der Waals surface area contributed by atoms with E-state index in [1.54, 1.807) is 13.2 Å². The van der Waals surface area contributed by atoms with Crippen molar-refractivity contribution in [3.05, 3.63) is 50.9 Å². The molecule has 0 amide bonds. The zero-order valence-corrected chi connectivity index (χ0v) is 14.1. The summed E-state index contributed by atoms with van der Waals surface area (Å²) >= 11 is 6.21. The van der Waals surface area contributed by atoms with Crippen molar-refractivity contribution in [1.29, 1.82) is 0 Å². The highest BCUT2D eigenvalue weighted by atomic mass is 35.5. The summed E-state index contributed by atoms with van der Waals surface area (Å²) in [5.74, 6) is 0.923. The summed E-state index contributed by atoms with van der Waals surface area (Å²) in [6.07, 6.45) is 3.55. The summed E-state index contributed by atoms with van der Waals surface area (Å²) in [6.45, 7) is 4.36. The van der Waals surface area contributed by atoms with Gasteiger partial charge in [-0.15, -0.1) is 0 Å². The average Bonchev–Trinajstić information content (AvgIpc) is 2.57. The molecule has 122 valence electrons. The molecule has 5 nitrogen and oxygen atoms in total. The van der Waals surface area contributed by atoms with Crippen LogP contribution in [-0.2, 0) is 20.0 Å². The van der Waals surface area contributed by atoms with E-state index < -0.39 is 0 Å². The lowest BCUT2D eigenvalue weighted by Gasteiger charge is -2.31. The van der Waals surface area contributed by atoms with Crippen molar-refractivity contribution in [2.24, 2.45) is 7.05 Å². The Morgan fingerprint density at radius 1 is 1.35 bits per heavy atom. The van der Waals surface area contributed by atoms with E-state index in [0.717, 1.165) is 38.3 Å². The Morgan fingerprint density at radius 2 is 2.17 bits per heavy atom. The van der Waals surface area contributed by atoms with Crippen molar-refractivity contribution in [3.63, 3.8) is 0 Å². The summed E-state index contributed by atoms with van der Waals surface area (Å²) in [5, 5.41) is 4.31. The van der Waals surface area contributed by atoms with Crippen LogP contribution in [0.1, 0.15) is 24.5 Å². The van der Waals surface area contributed by atoms with Gasteiger partial charge in [0, 0.05) is 20.1 Å². The standard InChI is InChI=1S/C17H20ClN3O2/c1-3-8-23-14-5-4-13-11-21(7-6-12(13)9-14)15-10-19-20(2)17(22)16(15)18/h4-5,9-10H,3,6-8,11H2,1-2H3. The summed E-state index contributed by atoms with van der Waals surface area (Å²) in [7, 11) is 1.60. The smallest absolute Gasteiger partial charge is 0.287 e. The fourth-order valence-electron chi connectivity index (χ4n) is 2.77. The zero-order valence-electron chi connectivity index (χ0n) is 13.4. The molecule has 23 heavy (non-hydrogen) atoms. The van der Waals surface area contributed by atoms with Gasteiger partial charge in [-0.25, -0.2) is 4.68 Å². The second-order valence-corrected chi connectivity index (χ2v) is 6.10. The van der Waals surface area contributed by atoms with E-state index in [1.807, 2.05) is 6.07 Å². The fraction of sp³-hybridized carbons (Fsp3) is 0.412. The zero-order chi connectivity index (χ0) is 16.4. The van der Waals surface area contributed by atoms with Gasteiger partial charge in [-0.05, 0) is 36.1 Å². The summed E-state index contributed by atoms with van der Waals surface area (Å²) in [4.78, 5) is 14.1. The Kier molecular flexibility index (Phi) is 4.57. The monoisotopic (exact) mass is 333 g/mol. The Bertz CT molecular complexity index is 773. The van der Waals surface area contributed by atoms with Crippen LogP contribution in [0.5, 0.6) is 5.75 Å². The number of nitrogens with zero attached hydrogens (tertiary/aromatic N) is 3. The molecule has 0 atom stereocenters. The third-order valence-electron chi connectivity index (χ3n) is 4.06. The molecule has 1 aliphatic heterocycles. The molecule has 2 aromatic rings. The Balaban J connectivity index is 1.83. The number of ether oxygens (including phenoxy) is 1. The van der Waals surface area contributed by atoms with Crippen LogP contribution in [0.2, 0.25) is 5.02 Å². The molecular formula is C17H20ClN3O2. The maximum absolute atomic E-state index is 11.9. The van der Waals surface area contributed by atoms with Crippen molar-refractivity contribution in [1.82, 2.24) is 9.78 Å². The van der Waals surface area contributed by atoms with Gasteiger partial charge in [0.2, 0.25) is 0 Å². The Morgan fingerprint density at radius 3 is 2.96 bits per heavy atom. The van der Waals surface area contributed by atoms with Crippen LogP contribution in [0.25, 0.3) is 0 Å². The maximum atomic E-state index is 11.9. The Hall–Kier alpha value is -2.01. The molecule has 2 heterocycles. The molecule has 0 N–H and O–H groups in total. The number of anilines is 1. The van der Waals surface area contributed by atoms with Crippen LogP contribution in [-0.4, -0.2) is 22.9 Å². The summed E-state index contributed by atoms with van der Waals surface area (Å²) < 4.78 is 6.94. The van der Waals surface area contributed by atoms with Crippen molar-refractivity contribution in [2.75, 3.05) is 18.1 Å². The van der Waals surface area contributed by atoms with Crippen LogP contribution < -0.4 is 15.2 Å². The van der Waals surface area contributed by atoms with Gasteiger partial charge in [0.1, 0.15) is 10.8 Å². The number of aryl methyl sites for hydroxylation is 1. The van der Waals surface area contributed by atoms with E-state index in [4.69, 9.17) is 16.3 Å². The molecule has 0 fully saturated rings. The number of rotatable bonds is 4. The van der Waals surface area contributed by atoms with Gasteiger partial charge in [0.15, 0.2) is 0 Å². The predicted molar refractivity (Wildman–Crippen MR) is 91.5 cm³/mol. The normalized spacial score (nSPS) is 13.8. The minimum Gasteiger partial charge on any atom is -0.494 e. The SMILES string of the molecule is CCCOc1ccc2c(c1)CCN(c1cnn(C)c(=O)c1Cl)C2. The quantitative estimate of drug-likeness (QED) is 0.863. The minimum absolute atomic E-state index is 0.230. The molecule has 1 aromatic carbocycles.